The van der Waals surface area contributed by atoms with Gasteiger partial charge in [0.25, 0.3) is 0 Å². The van der Waals surface area contributed by atoms with Crippen molar-refractivity contribution in [2.45, 2.75) is 206 Å². The average Bonchev–Trinajstić information content (AvgIpc) is 3.03. The van der Waals surface area contributed by atoms with Crippen molar-refractivity contribution in [3.8, 4) is 0 Å². The fraction of sp³-hybridized carbons (Fsp3) is 0.762. The van der Waals surface area contributed by atoms with Crippen LogP contribution < -0.4 is 10.2 Å². The van der Waals surface area contributed by atoms with Crippen LogP contribution >= 0.6 is 0 Å². The molecule has 0 N–H and O–H groups in total. The van der Waals surface area contributed by atoms with E-state index in [4.69, 9.17) is 0 Å². The Hall–Kier alpha value is -1.48. The zero-order valence-electron chi connectivity index (χ0n) is 31.2. The molecule has 5 heteroatoms. The molecule has 4 nitrogen and oxygen atoms in total. The van der Waals surface area contributed by atoms with Crippen LogP contribution in [0.3, 0.4) is 0 Å². The summed E-state index contributed by atoms with van der Waals surface area (Å²) in [5.74, 6) is -1.84. The zero-order valence-corrected chi connectivity index (χ0v) is 34.1. The molecule has 268 valence electrons. The molecular formula is C42H74O4Zn. The summed E-state index contributed by atoms with van der Waals surface area (Å²) in [5.41, 5.74) is 0. The van der Waals surface area contributed by atoms with E-state index in [-0.39, 0.29) is 32.3 Å². The summed E-state index contributed by atoms with van der Waals surface area (Å²) in [6.45, 7) is 4.52. The van der Waals surface area contributed by atoms with Gasteiger partial charge in [0.1, 0.15) is 0 Å². The minimum absolute atomic E-state index is 0. The Kier molecular flexibility index (Phi) is 49.5. The molecule has 47 heavy (non-hydrogen) atoms. The van der Waals surface area contributed by atoms with Gasteiger partial charge in [0.05, 0.1) is 0 Å². The first-order chi connectivity index (χ1) is 22.5. The first-order valence-corrected chi connectivity index (χ1v) is 19.5. The van der Waals surface area contributed by atoms with Gasteiger partial charge in [0.15, 0.2) is 0 Å². The average molecular weight is 708 g/mol. The van der Waals surface area contributed by atoms with Crippen molar-refractivity contribution in [3.05, 3.63) is 48.6 Å². The molecule has 0 spiro atoms. The number of rotatable bonds is 34. The summed E-state index contributed by atoms with van der Waals surface area (Å²) in [4.78, 5) is 20.5. The van der Waals surface area contributed by atoms with Crippen molar-refractivity contribution in [3.63, 3.8) is 0 Å². The van der Waals surface area contributed by atoms with E-state index in [0.717, 1.165) is 64.2 Å². The number of allylic oxidation sites excluding steroid dienone is 8. The van der Waals surface area contributed by atoms with Crippen LogP contribution in [0.1, 0.15) is 206 Å². The summed E-state index contributed by atoms with van der Waals surface area (Å²) in [6.07, 6.45) is 52.7. The van der Waals surface area contributed by atoms with Crippen molar-refractivity contribution < 1.29 is 39.3 Å². The quantitative estimate of drug-likeness (QED) is 0.0379. The van der Waals surface area contributed by atoms with Crippen molar-refractivity contribution in [2.24, 2.45) is 0 Å². The van der Waals surface area contributed by atoms with Gasteiger partial charge in [0.2, 0.25) is 0 Å². The molecule has 0 aliphatic heterocycles. The van der Waals surface area contributed by atoms with Gasteiger partial charge < -0.3 is 19.8 Å². The maximum Gasteiger partial charge on any atom is 2.00 e. The third kappa shape index (κ3) is 54.2. The van der Waals surface area contributed by atoms with E-state index in [9.17, 15) is 19.8 Å². The Morgan fingerprint density at radius 1 is 0.362 bits per heavy atom. The van der Waals surface area contributed by atoms with Gasteiger partial charge in [-0.3, -0.25) is 0 Å². The summed E-state index contributed by atoms with van der Waals surface area (Å²) < 4.78 is 0. The van der Waals surface area contributed by atoms with Crippen LogP contribution in [0.4, 0.5) is 0 Å². The third-order valence-electron chi connectivity index (χ3n) is 8.16. The monoisotopic (exact) mass is 706 g/mol. The van der Waals surface area contributed by atoms with Gasteiger partial charge in [-0.15, -0.1) is 0 Å². The predicted octanol–water partition coefficient (Wildman–Crippen LogP) is 11.4. The molecule has 0 amide bonds. The van der Waals surface area contributed by atoms with E-state index in [1.165, 1.54) is 116 Å². The summed E-state index contributed by atoms with van der Waals surface area (Å²) in [7, 11) is 0. The van der Waals surface area contributed by atoms with Crippen molar-refractivity contribution in [1.82, 2.24) is 0 Å². The second-order valence-electron chi connectivity index (χ2n) is 12.8. The van der Waals surface area contributed by atoms with E-state index in [1.807, 2.05) is 0 Å². The smallest absolute Gasteiger partial charge is 0.550 e. The van der Waals surface area contributed by atoms with Gasteiger partial charge in [-0.05, 0) is 89.9 Å². The standard InChI is InChI=1S/2C21H38O2.Zn/c2*1-2-3-4-5-6-7-8-9-10-11-12-13-14-15-16-17-18-19-20-21(22)23;/h2*9-10,12-13H,2-8,11,14-20H2,1H3,(H,22,23);/q;;+2/p-2/b2*10-9-,13-12-;. The molecule has 0 unspecified atom stereocenters. The number of carbonyl (C=O) groups excluding carboxylic acids is 2. The fourth-order valence-electron chi connectivity index (χ4n) is 5.22. The molecular weight excluding hydrogens is 634 g/mol. The second-order valence-corrected chi connectivity index (χ2v) is 12.8. The van der Waals surface area contributed by atoms with Crippen LogP contribution in [0.5, 0.6) is 0 Å². The summed E-state index contributed by atoms with van der Waals surface area (Å²) >= 11 is 0. The molecule has 0 saturated heterocycles. The number of carboxylic acids is 2. The summed E-state index contributed by atoms with van der Waals surface area (Å²) in [5, 5.41) is 20.5. The van der Waals surface area contributed by atoms with Crippen LogP contribution in [0.2, 0.25) is 0 Å². The predicted molar refractivity (Wildman–Crippen MR) is 196 cm³/mol. The normalized spacial score (nSPS) is 11.4. The Morgan fingerprint density at radius 2 is 0.596 bits per heavy atom. The minimum atomic E-state index is -0.919. The van der Waals surface area contributed by atoms with Gasteiger partial charge in [-0.2, -0.15) is 0 Å². The molecule has 0 heterocycles. The van der Waals surface area contributed by atoms with Crippen molar-refractivity contribution >= 4 is 11.9 Å². The van der Waals surface area contributed by atoms with Crippen LogP contribution in [-0.4, -0.2) is 11.9 Å². The largest absolute Gasteiger partial charge is 2.00 e. The zero-order chi connectivity index (χ0) is 34.0. The molecule has 0 aliphatic carbocycles. The Morgan fingerprint density at radius 3 is 0.851 bits per heavy atom. The van der Waals surface area contributed by atoms with E-state index >= 15 is 0 Å². The first-order valence-electron chi connectivity index (χ1n) is 19.5. The molecule has 0 aromatic rings. The third-order valence-corrected chi connectivity index (χ3v) is 8.16. The number of unbranched alkanes of at least 4 members (excludes halogenated alkanes) is 22. The van der Waals surface area contributed by atoms with Crippen LogP contribution in [-0.2, 0) is 29.1 Å². The first kappa shape index (κ1) is 49.9. The summed E-state index contributed by atoms with van der Waals surface area (Å²) in [6, 6.07) is 0. The number of carboxylic acid groups (broad SMARTS) is 2. The van der Waals surface area contributed by atoms with E-state index in [0.29, 0.717) is 0 Å². The number of aliphatic carboxylic acids is 2. The van der Waals surface area contributed by atoms with Gasteiger partial charge in [-0.1, -0.05) is 165 Å². The Bertz CT molecular complexity index is 679. The molecule has 0 aromatic carbocycles. The number of hydrogen-bond acceptors (Lipinski definition) is 4. The minimum Gasteiger partial charge on any atom is -0.550 e. The van der Waals surface area contributed by atoms with Crippen LogP contribution in [0, 0.1) is 0 Å². The Balaban J connectivity index is -0.000000807. The fourth-order valence-corrected chi connectivity index (χ4v) is 5.22. The van der Waals surface area contributed by atoms with Gasteiger partial charge in [0, 0.05) is 11.9 Å². The molecule has 0 bridgehead atoms. The molecule has 0 aromatic heterocycles. The van der Waals surface area contributed by atoms with E-state index in [1.54, 1.807) is 0 Å². The Labute approximate surface area is 305 Å². The maximum atomic E-state index is 10.2. The second kappa shape index (κ2) is 46.6. The molecule has 0 radical (unpaired) electrons. The molecule has 0 aliphatic rings. The molecule has 0 saturated carbocycles. The van der Waals surface area contributed by atoms with E-state index in [2.05, 4.69) is 62.5 Å². The van der Waals surface area contributed by atoms with E-state index < -0.39 is 11.9 Å². The SMILES string of the molecule is CCCCCCCC/C=C\C/C=C\CCCCCCCC(=O)[O-].CCCCCCCC/C=C\C/C=C\CCCCCCCC(=O)[O-].[Zn+2]. The van der Waals surface area contributed by atoms with Crippen molar-refractivity contribution in [1.29, 1.82) is 0 Å². The molecule has 0 rings (SSSR count). The van der Waals surface area contributed by atoms with Gasteiger partial charge in [-0.25, -0.2) is 0 Å². The topological polar surface area (TPSA) is 80.3 Å². The van der Waals surface area contributed by atoms with Crippen LogP contribution in [0.25, 0.3) is 0 Å². The van der Waals surface area contributed by atoms with Gasteiger partial charge >= 0.3 is 19.5 Å². The number of carbonyl (C=O) groups is 2. The maximum absolute atomic E-state index is 10.2. The number of hydrogen-bond donors (Lipinski definition) is 0. The molecule has 0 atom stereocenters. The van der Waals surface area contributed by atoms with Crippen molar-refractivity contribution in [2.75, 3.05) is 0 Å². The molecule has 0 fully saturated rings. The van der Waals surface area contributed by atoms with Crippen LogP contribution in [0.15, 0.2) is 48.6 Å².